The quantitative estimate of drug-likeness (QED) is 0.879. The van der Waals surface area contributed by atoms with Gasteiger partial charge in [-0.15, -0.1) is 10.2 Å². The van der Waals surface area contributed by atoms with Crippen LogP contribution in [0.1, 0.15) is 50.7 Å². The number of carbonyl (C=O) groups is 1. The van der Waals surface area contributed by atoms with Gasteiger partial charge in [0.05, 0.1) is 0 Å². The molecule has 0 atom stereocenters. The van der Waals surface area contributed by atoms with Gasteiger partial charge >= 0.3 is 6.03 Å². The molecule has 24 heavy (non-hydrogen) atoms. The predicted molar refractivity (Wildman–Crippen MR) is 96.3 cm³/mol. The molecule has 0 aliphatic heterocycles. The zero-order valence-electron chi connectivity index (χ0n) is 15.2. The van der Waals surface area contributed by atoms with Gasteiger partial charge in [-0.2, -0.15) is 0 Å². The van der Waals surface area contributed by atoms with Crippen molar-refractivity contribution in [3.05, 3.63) is 42.0 Å². The summed E-state index contributed by atoms with van der Waals surface area (Å²) in [7, 11) is 1.79. The predicted octanol–water partition coefficient (Wildman–Crippen LogP) is 3.69. The lowest BCUT2D eigenvalue weighted by Crippen LogP contribution is -2.34. The Morgan fingerprint density at radius 2 is 1.83 bits per heavy atom. The largest absolute Gasteiger partial charge is 0.326 e. The monoisotopic (exact) mass is 329 g/mol. The summed E-state index contributed by atoms with van der Waals surface area (Å²) in [6.45, 7) is 9.90. The van der Waals surface area contributed by atoms with E-state index in [2.05, 4.69) is 55.3 Å². The number of hydrogen-bond donors (Lipinski definition) is 1. The molecular weight excluding hydrogens is 302 g/mol. The van der Waals surface area contributed by atoms with Gasteiger partial charge in [0.15, 0.2) is 0 Å². The summed E-state index contributed by atoms with van der Waals surface area (Å²) >= 11 is 0. The molecule has 1 aromatic heterocycles. The molecule has 0 unspecified atom stereocenters. The number of urea groups is 1. The molecular formula is C18H27N5O. The number of hydrogen-bond acceptors (Lipinski definition) is 3. The average molecular weight is 329 g/mol. The molecule has 0 fully saturated rings. The molecule has 2 amide bonds. The minimum Gasteiger partial charge on any atom is -0.326 e. The van der Waals surface area contributed by atoms with Crippen LogP contribution in [0, 0.1) is 0 Å². The molecule has 6 heteroatoms. The van der Waals surface area contributed by atoms with Gasteiger partial charge in [0.2, 0.25) is 0 Å². The van der Waals surface area contributed by atoms with Crippen LogP contribution >= 0.6 is 0 Å². The lowest BCUT2D eigenvalue weighted by molar-refractivity contribution is 0.220. The van der Waals surface area contributed by atoms with Crippen LogP contribution in [0.2, 0.25) is 0 Å². The first-order valence-corrected chi connectivity index (χ1v) is 8.36. The third-order valence-corrected chi connectivity index (χ3v) is 4.11. The molecule has 0 spiro atoms. The summed E-state index contributed by atoms with van der Waals surface area (Å²) in [5.74, 6) is 0.819. The summed E-state index contributed by atoms with van der Waals surface area (Å²) in [4.78, 5) is 14.1. The van der Waals surface area contributed by atoms with Crippen LogP contribution < -0.4 is 5.32 Å². The van der Waals surface area contributed by atoms with E-state index in [0.717, 1.165) is 5.69 Å². The van der Waals surface area contributed by atoms with E-state index < -0.39 is 0 Å². The van der Waals surface area contributed by atoms with E-state index in [1.807, 2.05) is 10.6 Å². The fourth-order valence-electron chi connectivity index (χ4n) is 2.45. The number of carbonyl (C=O) groups excluding carboxylic acids is 1. The fraction of sp³-hybridized carbons (Fsp3) is 0.500. The Kier molecular flexibility index (Phi) is 5.95. The fourth-order valence-corrected chi connectivity index (χ4v) is 2.45. The van der Waals surface area contributed by atoms with Crippen molar-refractivity contribution in [3.8, 4) is 0 Å². The minimum absolute atomic E-state index is 0.109. The van der Waals surface area contributed by atoms with Crippen molar-refractivity contribution in [1.82, 2.24) is 19.7 Å². The standard InChI is InChI=1S/C18H27N5O/c1-13(2)15-6-7-17(16(10-15)14(3)4)21-18(24)22(5)8-9-23-11-19-20-12-23/h6-7,10-14H,8-9H2,1-5H3,(H,21,24). The van der Waals surface area contributed by atoms with Crippen molar-refractivity contribution in [2.75, 3.05) is 18.9 Å². The molecule has 0 aliphatic carbocycles. The molecule has 2 aromatic rings. The second kappa shape index (κ2) is 7.95. The number of rotatable bonds is 6. The molecule has 1 N–H and O–H groups in total. The Labute approximate surface area is 143 Å². The van der Waals surface area contributed by atoms with Gasteiger partial charge in [-0.3, -0.25) is 0 Å². The molecule has 0 saturated heterocycles. The SMILES string of the molecule is CC(C)c1ccc(NC(=O)N(C)CCn2cnnc2)c(C(C)C)c1. The smallest absolute Gasteiger partial charge is 0.321 e. The van der Waals surface area contributed by atoms with Crippen LogP contribution in [-0.2, 0) is 6.54 Å². The normalized spacial score (nSPS) is 11.1. The number of nitrogens with zero attached hydrogens (tertiary/aromatic N) is 4. The van der Waals surface area contributed by atoms with E-state index in [1.54, 1.807) is 24.6 Å². The van der Waals surface area contributed by atoms with Crippen LogP contribution in [-0.4, -0.2) is 39.3 Å². The van der Waals surface area contributed by atoms with Crippen LogP contribution in [0.4, 0.5) is 10.5 Å². The second-order valence-corrected chi connectivity index (χ2v) is 6.71. The van der Waals surface area contributed by atoms with E-state index in [-0.39, 0.29) is 6.03 Å². The Bertz CT molecular complexity index is 664. The summed E-state index contributed by atoms with van der Waals surface area (Å²) in [6.07, 6.45) is 3.29. The van der Waals surface area contributed by atoms with E-state index >= 15 is 0 Å². The third kappa shape index (κ3) is 4.57. The van der Waals surface area contributed by atoms with Crippen LogP contribution in [0.3, 0.4) is 0 Å². The number of aromatic nitrogens is 3. The van der Waals surface area contributed by atoms with Gasteiger partial charge < -0.3 is 14.8 Å². The van der Waals surface area contributed by atoms with Crippen LogP contribution in [0.25, 0.3) is 0 Å². The van der Waals surface area contributed by atoms with E-state index in [9.17, 15) is 4.79 Å². The molecule has 130 valence electrons. The number of benzene rings is 1. The topological polar surface area (TPSA) is 63.1 Å². The maximum Gasteiger partial charge on any atom is 0.321 e. The van der Waals surface area contributed by atoms with Crippen LogP contribution in [0.15, 0.2) is 30.9 Å². The minimum atomic E-state index is -0.109. The summed E-state index contributed by atoms with van der Waals surface area (Å²) < 4.78 is 1.85. The van der Waals surface area contributed by atoms with Crippen molar-refractivity contribution >= 4 is 11.7 Å². The van der Waals surface area contributed by atoms with Gasteiger partial charge in [-0.25, -0.2) is 4.79 Å². The van der Waals surface area contributed by atoms with E-state index in [0.29, 0.717) is 24.9 Å². The maximum absolute atomic E-state index is 12.4. The molecule has 0 bridgehead atoms. The second-order valence-electron chi connectivity index (χ2n) is 6.71. The zero-order valence-corrected chi connectivity index (χ0v) is 15.2. The number of anilines is 1. The molecule has 1 heterocycles. The van der Waals surface area contributed by atoms with Crippen LogP contribution in [0.5, 0.6) is 0 Å². The van der Waals surface area contributed by atoms with E-state index in [4.69, 9.17) is 0 Å². The number of nitrogens with one attached hydrogen (secondary N) is 1. The van der Waals surface area contributed by atoms with Crippen molar-refractivity contribution in [3.63, 3.8) is 0 Å². The first kappa shape index (κ1) is 18.0. The molecule has 0 saturated carbocycles. The highest BCUT2D eigenvalue weighted by Gasteiger charge is 2.14. The van der Waals surface area contributed by atoms with Gasteiger partial charge in [0, 0.05) is 25.8 Å². The Morgan fingerprint density at radius 3 is 2.42 bits per heavy atom. The maximum atomic E-state index is 12.4. The van der Waals surface area contributed by atoms with Crippen molar-refractivity contribution in [2.45, 2.75) is 46.1 Å². The lowest BCUT2D eigenvalue weighted by atomic mass is 9.94. The Balaban J connectivity index is 2.04. The highest BCUT2D eigenvalue weighted by atomic mass is 16.2. The Hall–Kier alpha value is -2.37. The molecule has 6 nitrogen and oxygen atoms in total. The van der Waals surface area contributed by atoms with Crippen molar-refractivity contribution in [2.24, 2.45) is 0 Å². The van der Waals surface area contributed by atoms with Gasteiger partial charge in [-0.1, -0.05) is 39.8 Å². The average Bonchev–Trinajstić information content (AvgIpc) is 3.05. The highest BCUT2D eigenvalue weighted by Crippen LogP contribution is 2.28. The van der Waals surface area contributed by atoms with Gasteiger partial charge in [0.1, 0.15) is 12.7 Å². The van der Waals surface area contributed by atoms with Gasteiger partial charge in [-0.05, 0) is 29.0 Å². The number of likely N-dealkylation sites (N-methyl/N-ethyl adjacent to an activating group) is 1. The third-order valence-electron chi connectivity index (χ3n) is 4.11. The first-order valence-electron chi connectivity index (χ1n) is 8.36. The van der Waals surface area contributed by atoms with Crippen molar-refractivity contribution in [1.29, 1.82) is 0 Å². The molecule has 2 rings (SSSR count). The summed E-state index contributed by atoms with van der Waals surface area (Å²) in [6, 6.07) is 6.18. The zero-order chi connectivity index (χ0) is 17.7. The summed E-state index contributed by atoms with van der Waals surface area (Å²) in [5.41, 5.74) is 3.34. The summed E-state index contributed by atoms with van der Waals surface area (Å²) in [5, 5.41) is 10.6. The van der Waals surface area contributed by atoms with E-state index in [1.165, 1.54) is 11.1 Å². The number of amides is 2. The van der Waals surface area contributed by atoms with Crippen molar-refractivity contribution < 1.29 is 4.79 Å². The van der Waals surface area contributed by atoms with Gasteiger partial charge in [0.25, 0.3) is 0 Å². The lowest BCUT2D eigenvalue weighted by Gasteiger charge is -2.21. The highest BCUT2D eigenvalue weighted by molar-refractivity contribution is 5.90. The Morgan fingerprint density at radius 1 is 1.17 bits per heavy atom. The first-order chi connectivity index (χ1) is 11.4. The molecule has 0 radical (unpaired) electrons. The molecule has 0 aliphatic rings. The molecule has 1 aromatic carbocycles.